The number of urea groups is 1. The number of methoxy groups -OCH3 is 1. The highest BCUT2D eigenvalue weighted by Crippen LogP contribution is 2.42. The van der Waals surface area contributed by atoms with Gasteiger partial charge in [0.15, 0.2) is 0 Å². The number of pyridine rings is 1. The Morgan fingerprint density at radius 2 is 1.97 bits per heavy atom. The van der Waals surface area contributed by atoms with Crippen LogP contribution in [0, 0.1) is 11.3 Å². The van der Waals surface area contributed by atoms with E-state index in [2.05, 4.69) is 54.2 Å². The Bertz CT molecular complexity index is 2310. The van der Waals surface area contributed by atoms with E-state index in [1.165, 1.54) is 21.9 Å². The summed E-state index contributed by atoms with van der Waals surface area (Å²) >= 11 is 1.35. The van der Waals surface area contributed by atoms with Crippen molar-refractivity contribution in [3.8, 4) is 22.5 Å². The third-order valence-corrected chi connectivity index (χ3v) is 13.7. The normalized spacial score (nSPS) is 21.8. The Morgan fingerprint density at radius 3 is 2.68 bits per heavy atom. The van der Waals surface area contributed by atoms with Gasteiger partial charge >= 0.3 is 12.0 Å². The Kier molecular flexibility index (Phi) is 14.2. The molecule has 1 unspecified atom stereocenters. The molecule has 4 bridgehead atoms. The SMILES string of the molecule is CCn1c(-c2cccnc2[C@H](C)OC)c2c3cc(ccc31)-c1csc(n1)C[C@H](NC(=O)C(C(C)C)N(C)C(=O)N1C[C@H]3NCC[C@H]31)C(=O)N(NF)CCCCC(=O)OCC(C)(C)C2. The van der Waals surface area contributed by atoms with E-state index in [-0.39, 0.29) is 68.5 Å². The maximum atomic E-state index is 14.5. The number of thiazole rings is 1. The number of hydrogen-bond donors (Lipinski definition) is 3. The number of nitrogens with zero attached hydrogens (tertiary/aromatic N) is 6. The monoisotopic (exact) mass is 887 g/mol. The second kappa shape index (κ2) is 19.4. The van der Waals surface area contributed by atoms with Crippen molar-refractivity contribution in [1.82, 2.24) is 45.6 Å². The lowest BCUT2D eigenvalue weighted by atomic mass is 9.84. The number of ether oxygens (including phenoxy) is 2. The number of hydrogen-bond acceptors (Lipinski definition) is 11. The number of carbonyl (C=O) groups is 4. The zero-order valence-corrected chi connectivity index (χ0v) is 38.5. The van der Waals surface area contributed by atoms with Crippen molar-refractivity contribution in [2.24, 2.45) is 11.3 Å². The lowest BCUT2D eigenvalue weighted by molar-refractivity contribution is -0.147. The number of nitrogens with one attached hydrogen (secondary N) is 3. The van der Waals surface area contributed by atoms with E-state index in [9.17, 15) is 23.7 Å². The van der Waals surface area contributed by atoms with Gasteiger partial charge in [-0.3, -0.25) is 19.4 Å². The topological polar surface area (TPSA) is 163 Å². The van der Waals surface area contributed by atoms with Crippen molar-refractivity contribution in [2.75, 3.05) is 40.4 Å². The zero-order valence-electron chi connectivity index (χ0n) is 37.7. The number of aryl methyl sites for hydroxylation is 1. The number of aromatic nitrogens is 3. The number of cyclic esters (lactones) is 1. The van der Waals surface area contributed by atoms with E-state index < -0.39 is 29.3 Å². The Balaban J connectivity index is 1.26. The van der Waals surface area contributed by atoms with Crippen molar-refractivity contribution >= 4 is 46.1 Å². The molecule has 3 aliphatic heterocycles. The van der Waals surface area contributed by atoms with Crippen LogP contribution in [-0.4, -0.2) is 118 Å². The quantitative estimate of drug-likeness (QED) is 0.130. The molecule has 7 rings (SSSR count). The van der Waals surface area contributed by atoms with Crippen LogP contribution in [0.5, 0.6) is 0 Å². The van der Waals surface area contributed by atoms with Gasteiger partial charge in [-0.1, -0.05) is 39.4 Å². The zero-order chi connectivity index (χ0) is 45.2. The van der Waals surface area contributed by atoms with Crippen LogP contribution in [0.15, 0.2) is 41.9 Å². The minimum absolute atomic E-state index is 0.0245. The smallest absolute Gasteiger partial charge is 0.320 e. The van der Waals surface area contributed by atoms with Crippen LogP contribution in [0.3, 0.4) is 0 Å². The fourth-order valence-electron chi connectivity index (χ4n) is 9.41. The van der Waals surface area contributed by atoms with Crippen LogP contribution < -0.4 is 16.3 Å². The molecule has 340 valence electrons. The van der Waals surface area contributed by atoms with Gasteiger partial charge in [0.05, 0.1) is 40.8 Å². The molecule has 0 radical (unpaired) electrons. The first-order valence-corrected chi connectivity index (χ1v) is 23.0. The lowest BCUT2D eigenvalue weighted by Gasteiger charge is -2.47. The molecule has 1 aromatic carbocycles. The average molecular weight is 888 g/mol. The van der Waals surface area contributed by atoms with Crippen LogP contribution in [0.25, 0.3) is 33.4 Å². The number of halogens is 1. The first-order chi connectivity index (χ1) is 30.2. The maximum Gasteiger partial charge on any atom is 0.320 e. The molecule has 4 aromatic rings. The number of esters is 1. The fraction of sp³-hybridized carbons (Fsp3) is 0.565. The van der Waals surface area contributed by atoms with Gasteiger partial charge in [-0.15, -0.1) is 15.8 Å². The highest BCUT2D eigenvalue weighted by molar-refractivity contribution is 7.10. The van der Waals surface area contributed by atoms with Gasteiger partial charge < -0.3 is 34.5 Å². The van der Waals surface area contributed by atoms with Gasteiger partial charge in [0.2, 0.25) is 5.91 Å². The summed E-state index contributed by atoms with van der Waals surface area (Å²) in [5.41, 5.74) is 7.50. The number of benzene rings is 1. The van der Waals surface area contributed by atoms with E-state index in [1.807, 2.05) is 38.3 Å². The summed E-state index contributed by atoms with van der Waals surface area (Å²) in [7, 11) is 3.29. The first kappa shape index (κ1) is 46.0. The minimum Gasteiger partial charge on any atom is -0.465 e. The molecule has 3 aliphatic rings. The third-order valence-electron chi connectivity index (χ3n) is 12.8. The first-order valence-electron chi connectivity index (χ1n) is 22.1. The van der Waals surface area contributed by atoms with Crippen molar-refractivity contribution in [2.45, 2.75) is 117 Å². The van der Waals surface area contributed by atoms with Crippen LogP contribution in [0.1, 0.15) is 89.6 Å². The van der Waals surface area contributed by atoms with Crippen LogP contribution >= 0.6 is 11.3 Å². The van der Waals surface area contributed by atoms with E-state index >= 15 is 0 Å². The number of carbonyl (C=O) groups excluding carboxylic acids is 4. The molecule has 17 heteroatoms. The summed E-state index contributed by atoms with van der Waals surface area (Å²) in [6.45, 7) is 14.2. The number of likely N-dealkylation sites (tertiary alicyclic amines) is 1. The van der Waals surface area contributed by atoms with Crippen molar-refractivity contribution in [3.05, 3.63) is 58.2 Å². The van der Waals surface area contributed by atoms with E-state index in [0.29, 0.717) is 36.6 Å². The summed E-state index contributed by atoms with van der Waals surface area (Å²) in [6, 6.07) is 8.24. The summed E-state index contributed by atoms with van der Waals surface area (Å²) < 4.78 is 28.5. The summed E-state index contributed by atoms with van der Waals surface area (Å²) in [5.74, 6) is -1.92. The van der Waals surface area contributed by atoms with Crippen molar-refractivity contribution < 1.29 is 33.1 Å². The van der Waals surface area contributed by atoms with Gasteiger partial charge in [0, 0.05) is 91.7 Å². The highest BCUT2D eigenvalue weighted by atomic mass is 32.1. The molecule has 4 amide bonds. The number of rotatable bonds is 9. The fourth-order valence-corrected chi connectivity index (χ4v) is 10.3. The predicted octanol–water partition coefficient (Wildman–Crippen LogP) is 6.22. The van der Waals surface area contributed by atoms with Gasteiger partial charge in [0.1, 0.15) is 12.1 Å². The molecular weight excluding hydrogens is 826 g/mol. The van der Waals surface area contributed by atoms with Gasteiger partial charge in [-0.25, -0.2) is 14.8 Å². The Morgan fingerprint density at radius 1 is 1.17 bits per heavy atom. The van der Waals surface area contributed by atoms with Crippen molar-refractivity contribution in [3.63, 3.8) is 0 Å². The molecule has 15 nitrogen and oxygen atoms in total. The van der Waals surface area contributed by atoms with Crippen LogP contribution in [-0.2, 0) is 43.2 Å². The number of likely N-dealkylation sites (N-methyl/N-ethyl adjacent to an activating group) is 1. The lowest BCUT2D eigenvalue weighted by Crippen LogP contribution is -2.67. The minimum atomic E-state index is -1.23. The van der Waals surface area contributed by atoms with E-state index in [0.717, 1.165) is 57.0 Å². The molecule has 2 fully saturated rings. The summed E-state index contributed by atoms with van der Waals surface area (Å²) in [5, 5.41) is 10.6. The highest BCUT2D eigenvalue weighted by Gasteiger charge is 2.47. The molecule has 6 heterocycles. The molecule has 3 N–H and O–H groups in total. The molecule has 5 atom stereocenters. The number of fused-ring (bicyclic) bond motifs is 5. The van der Waals surface area contributed by atoms with Crippen molar-refractivity contribution in [1.29, 1.82) is 0 Å². The average Bonchev–Trinajstić information content (AvgIpc) is 3.96. The molecular formula is C46H62FN9O6S. The second-order valence-electron chi connectivity index (χ2n) is 18.2. The van der Waals surface area contributed by atoms with E-state index in [1.54, 1.807) is 25.3 Å². The Hall–Kier alpha value is -4.97. The van der Waals surface area contributed by atoms with E-state index in [4.69, 9.17) is 19.4 Å². The molecule has 0 spiro atoms. The predicted molar refractivity (Wildman–Crippen MR) is 240 cm³/mol. The van der Waals surface area contributed by atoms with Gasteiger partial charge in [0.25, 0.3) is 5.91 Å². The number of amides is 4. The van der Waals surface area contributed by atoms with Crippen LogP contribution in [0.4, 0.5) is 9.28 Å². The number of hydrazine groups is 1. The molecule has 63 heavy (non-hydrogen) atoms. The van der Waals surface area contributed by atoms with Crippen LogP contribution in [0.2, 0.25) is 0 Å². The largest absolute Gasteiger partial charge is 0.465 e. The maximum absolute atomic E-state index is 14.5. The molecule has 0 aliphatic carbocycles. The standard InChI is InChI=1S/C46H62FN9O6S/c1-9-54-36-16-15-29-21-31(36)32(42(54)30-13-12-18-49-40(30)28(4)61-8)23-46(5,6)26-62-39(57)14-10-11-20-56(52-47)44(59)33(22-38-50-35(29)25-63-38)51-43(58)41(27(2)3)53(7)45(60)55-24-34-37(55)17-19-48-34/h12-13,15-16,18,21,25,27-28,33-34,37,41,48,52H,9-11,14,17,19-20,22-24,26H2,1-8H3,(H,51,58)/t28-,33-,34+,37+,41?/m0/s1. The van der Waals surface area contributed by atoms with Gasteiger partial charge in [-0.05, 0) is 81.8 Å². The Labute approximate surface area is 373 Å². The van der Waals surface area contributed by atoms with Gasteiger partial charge in [-0.2, -0.15) is 0 Å². The third kappa shape index (κ3) is 9.61. The summed E-state index contributed by atoms with van der Waals surface area (Å²) in [4.78, 5) is 68.4. The summed E-state index contributed by atoms with van der Waals surface area (Å²) in [6.07, 6.45) is 3.62. The molecule has 2 saturated heterocycles. The molecule has 3 aromatic heterocycles. The molecule has 0 saturated carbocycles. The second-order valence-corrected chi connectivity index (χ2v) is 19.1.